The fourth-order valence-corrected chi connectivity index (χ4v) is 2.98. The van der Waals surface area contributed by atoms with Crippen molar-refractivity contribution in [3.8, 4) is 17.0 Å². The minimum Gasteiger partial charge on any atom is -0.491 e. The van der Waals surface area contributed by atoms with E-state index in [0.717, 1.165) is 27.8 Å². The number of hydrogen-bond acceptors (Lipinski definition) is 4. The molecule has 2 aromatic heterocycles. The van der Waals surface area contributed by atoms with E-state index >= 15 is 0 Å². The van der Waals surface area contributed by atoms with Gasteiger partial charge in [-0.1, -0.05) is 18.2 Å². The molecule has 0 atom stereocenters. The van der Waals surface area contributed by atoms with Gasteiger partial charge in [0, 0.05) is 28.2 Å². The van der Waals surface area contributed by atoms with Crippen LogP contribution in [0.25, 0.3) is 22.2 Å². The van der Waals surface area contributed by atoms with E-state index in [-0.39, 0.29) is 12.0 Å². The first-order chi connectivity index (χ1) is 14.1. The fourth-order valence-electron chi connectivity index (χ4n) is 2.98. The molecule has 0 saturated heterocycles. The lowest BCUT2D eigenvalue weighted by Gasteiger charge is -2.09. The van der Waals surface area contributed by atoms with Crippen molar-refractivity contribution >= 4 is 23.0 Å². The van der Waals surface area contributed by atoms with Crippen LogP contribution >= 0.6 is 0 Å². The zero-order valence-electron chi connectivity index (χ0n) is 16.1. The number of hydrazone groups is 1. The monoisotopic (exact) mass is 387 g/mol. The molecule has 0 fully saturated rings. The van der Waals surface area contributed by atoms with Gasteiger partial charge >= 0.3 is 0 Å². The van der Waals surface area contributed by atoms with Crippen molar-refractivity contribution in [3.63, 3.8) is 0 Å². The Morgan fingerprint density at radius 3 is 2.76 bits per heavy atom. The number of nitrogens with one attached hydrogen (secondary N) is 3. The molecule has 7 nitrogen and oxygen atoms in total. The Morgan fingerprint density at radius 1 is 1.17 bits per heavy atom. The summed E-state index contributed by atoms with van der Waals surface area (Å²) in [6.45, 7) is 3.96. The number of carbonyl (C=O) groups excluding carboxylic acids is 1. The molecule has 0 unspecified atom stereocenters. The van der Waals surface area contributed by atoms with E-state index in [1.807, 2.05) is 68.6 Å². The molecule has 0 spiro atoms. The summed E-state index contributed by atoms with van der Waals surface area (Å²) in [4.78, 5) is 15.5. The molecule has 146 valence electrons. The van der Waals surface area contributed by atoms with Crippen molar-refractivity contribution in [2.45, 2.75) is 20.0 Å². The molecule has 0 radical (unpaired) electrons. The number of hydrogen-bond donors (Lipinski definition) is 3. The Morgan fingerprint density at radius 2 is 1.97 bits per heavy atom. The molecule has 0 bridgehead atoms. The van der Waals surface area contributed by atoms with Crippen LogP contribution < -0.4 is 10.2 Å². The number of aromatic amines is 2. The third kappa shape index (κ3) is 4.19. The van der Waals surface area contributed by atoms with Crippen LogP contribution in [-0.4, -0.2) is 33.4 Å². The van der Waals surface area contributed by atoms with Crippen molar-refractivity contribution in [3.05, 3.63) is 72.1 Å². The number of ether oxygens (including phenoxy) is 1. The standard InChI is InChI=1S/C22H21N5O2/c1-14(2)29-17-9-7-15(8-10-17)20-11-21(26-25-20)22(28)27-24-13-16-12-23-19-6-4-3-5-18(16)19/h3-14,23H,1-2H3,(H,25,26)(H,27,28)/b24-13+. The zero-order chi connectivity index (χ0) is 20.2. The van der Waals surface area contributed by atoms with Crippen molar-refractivity contribution in [1.82, 2.24) is 20.6 Å². The van der Waals surface area contributed by atoms with Crippen LogP contribution in [0.1, 0.15) is 29.9 Å². The van der Waals surface area contributed by atoms with Crippen LogP contribution in [0.5, 0.6) is 5.75 Å². The lowest BCUT2D eigenvalue weighted by Crippen LogP contribution is -2.17. The van der Waals surface area contributed by atoms with Crippen LogP contribution in [0.4, 0.5) is 0 Å². The van der Waals surface area contributed by atoms with Crippen LogP contribution in [0.3, 0.4) is 0 Å². The van der Waals surface area contributed by atoms with E-state index in [0.29, 0.717) is 11.4 Å². The Balaban J connectivity index is 1.42. The summed E-state index contributed by atoms with van der Waals surface area (Å²) < 4.78 is 5.64. The van der Waals surface area contributed by atoms with Crippen molar-refractivity contribution in [2.24, 2.45) is 5.10 Å². The van der Waals surface area contributed by atoms with E-state index in [1.165, 1.54) is 0 Å². The molecule has 0 aliphatic carbocycles. The van der Waals surface area contributed by atoms with Gasteiger partial charge in [-0.05, 0) is 50.2 Å². The van der Waals surface area contributed by atoms with Gasteiger partial charge < -0.3 is 9.72 Å². The smallest absolute Gasteiger partial charge is 0.289 e. The normalized spacial score (nSPS) is 11.4. The average molecular weight is 387 g/mol. The van der Waals surface area contributed by atoms with Gasteiger partial charge in [-0.25, -0.2) is 5.43 Å². The molecule has 0 aliphatic rings. The minimum absolute atomic E-state index is 0.117. The van der Waals surface area contributed by atoms with Gasteiger partial charge in [-0.15, -0.1) is 0 Å². The van der Waals surface area contributed by atoms with Gasteiger partial charge in [-0.3, -0.25) is 9.89 Å². The van der Waals surface area contributed by atoms with Gasteiger partial charge in [0.2, 0.25) is 0 Å². The number of fused-ring (bicyclic) bond motifs is 1. The molecule has 0 aliphatic heterocycles. The number of aromatic nitrogens is 3. The van der Waals surface area contributed by atoms with Crippen LogP contribution in [0.15, 0.2) is 65.9 Å². The molecule has 0 saturated carbocycles. The van der Waals surface area contributed by atoms with Gasteiger partial charge in [0.15, 0.2) is 0 Å². The maximum atomic E-state index is 12.3. The molecular weight excluding hydrogens is 366 g/mol. The van der Waals surface area contributed by atoms with Crippen LogP contribution in [0, 0.1) is 0 Å². The van der Waals surface area contributed by atoms with Gasteiger partial charge in [0.05, 0.1) is 18.0 Å². The number of nitrogens with zero attached hydrogens (tertiary/aromatic N) is 2. The highest BCUT2D eigenvalue weighted by Crippen LogP contribution is 2.22. The lowest BCUT2D eigenvalue weighted by atomic mass is 10.1. The predicted molar refractivity (Wildman–Crippen MR) is 113 cm³/mol. The maximum Gasteiger partial charge on any atom is 0.289 e. The lowest BCUT2D eigenvalue weighted by molar-refractivity contribution is 0.0950. The molecular formula is C22H21N5O2. The van der Waals surface area contributed by atoms with E-state index in [9.17, 15) is 4.79 Å². The fraction of sp³-hybridized carbons (Fsp3) is 0.136. The number of para-hydroxylation sites is 1. The van der Waals surface area contributed by atoms with Gasteiger partial charge in [0.1, 0.15) is 11.4 Å². The van der Waals surface area contributed by atoms with E-state index in [4.69, 9.17) is 4.74 Å². The first-order valence-corrected chi connectivity index (χ1v) is 9.32. The molecule has 29 heavy (non-hydrogen) atoms. The van der Waals surface area contributed by atoms with Crippen LogP contribution in [-0.2, 0) is 0 Å². The molecule has 7 heteroatoms. The van der Waals surface area contributed by atoms with E-state index < -0.39 is 0 Å². The number of carbonyl (C=O) groups is 1. The maximum absolute atomic E-state index is 12.3. The second kappa shape index (κ2) is 8.02. The van der Waals surface area contributed by atoms with E-state index in [2.05, 4.69) is 25.7 Å². The Labute approximate surface area is 167 Å². The summed E-state index contributed by atoms with van der Waals surface area (Å²) in [5.41, 5.74) is 6.33. The Hall–Kier alpha value is -3.87. The highest BCUT2D eigenvalue weighted by Gasteiger charge is 2.11. The summed E-state index contributed by atoms with van der Waals surface area (Å²) in [6.07, 6.45) is 3.58. The Kier molecular flexibility index (Phi) is 5.11. The molecule has 4 aromatic rings. The molecule has 2 aromatic carbocycles. The van der Waals surface area contributed by atoms with Crippen molar-refractivity contribution in [2.75, 3.05) is 0 Å². The highest BCUT2D eigenvalue weighted by molar-refractivity contribution is 6.00. The zero-order valence-corrected chi connectivity index (χ0v) is 16.1. The SMILES string of the molecule is CC(C)Oc1ccc(-c2cc(C(=O)N/N=C/c3c[nH]c4ccccc34)[nH]n2)cc1. The van der Waals surface area contributed by atoms with Crippen molar-refractivity contribution < 1.29 is 9.53 Å². The molecule has 1 amide bonds. The largest absolute Gasteiger partial charge is 0.491 e. The summed E-state index contributed by atoms with van der Waals surface area (Å²) in [5, 5.41) is 12.1. The topological polar surface area (TPSA) is 95.2 Å². The molecule has 4 rings (SSSR count). The quantitative estimate of drug-likeness (QED) is 0.343. The van der Waals surface area contributed by atoms with Crippen molar-refractivity contribution in [1.29, 1.82) is 0 Å². The first kappa shape index (κ1) is 18.5. The second-order valence-corrected chi connectivity index (χ2v) is 6.85. The predicted octanol–water partition coefficient (Wildman–Crippen LogP) is 4.11. The summed E-state index contributed by atoms with van der Waals surface area (Å²) in [7, 11) is 0. The summed E-state index contributed by atoms with van der Waals surface area (Å²) >= 11 is 0. The minimum atomic E-state index is -0.361. The van der Waals surface area contributed by atoms with Gasteiger partial charge in [-0.2, -0.15) is 10.2 Å². The van der Waals surface area contributed by atoms with Gasteiger partial charge in [0.25, 0.3) is 5.91 Å². The number of benzene rings is 2. The number of H-pyrrole nitrogens is 2. The summed E-state index contributed by atoms with van der Waals surface area (Å²) in [5.74, 6) is 0.434. The third-order valence-electron chi connectivity index (χ3n) is 4.34. The summed E-state index contributed by atoms with van der Waals surface area (Å²) in [6, 6.07) is 17.2. The molecule has 3 N–H and O–H groups in total. The number of rotatable bonds is 6. The average Bonchev–Trinajstić information content (AvgIpc) is 3.36. The Bertz CT molecular complexity index is 1160. The van der Waals surface area contributed by atoms with Crippen LogP contribution in [0.2, 0.25) is 0 Å². The van der Waals surface area contributed by atoms with E-state index in [1.54, 1.807) is 12.3 Å². The number of amides is 1. The third-order valence-corrected chi connectivity index (χ3v) is 4.34. The molecule has 2 heterocycles. The highest BCUT2D eigenvalue weighted by atomic mass is 16.5. The second-order valence-electron chi connectivity index (χ2n) is 6.85. The first-order valence-electron chi connectivity index (χ1n) is 9.32.